The molecule has 1 aromatic heterocycles. The minimum atomic E-state index is -0.333. The van der Waals surface area contributed by atoms with Crippen LogP contribution in [0.4, 0.5) is 0 Å². The van der Waals surface area contributed by atoms with Gasteiger partial charge in [0.2, 0.25) is 0 Å². The molecule has 0 saturated carbocycles. The normalized spacial score (nSPS) is 20.1. The van der Waals surface area contributed by atoms with E-state index in [4.69, 9.17) is 9.47 Å². The number of thiazole rings is 1. The third-order valence-electron chi connectivity index (χ3n) is 3.39. The van der Waals surface area contributed by atoms with Crippen molar-refractivity contribution in [1.82, 2.24) is 9.88 Å². The summed E-state index contributed by atoms with van der Waals surface area (Å²) in [5, 5.41) is 1.02. The summed E-state index contributed by atoms with van der Waals surface area (Å²) in [5.41, 5.74) is 1.01. The molecule has 20 heavy (non-hydrogen) atoms. The first-order valence-corrected chi connectivity index (χ1v) is 7.33. The van der Waals surface area contributed by atoms with E-state index in [-0.39, 0.29) is 12.0 Å². The lowest BCUT2D eigenvalue weighted by Gasteiger charge is -2.32. The standard InChI is InChI=1S/C14H16N2O3S/c1-18-14(17)11-9-19-7-6-16(11)8-13-15-10-4-2-3-5-12(10)20-13/h2-5,11H,6-9H2,1H3. The fraction of sp³-hybridized carbons (Fsp3) is 0.429. The van der Waals surface area contributed by atoms with Gasteiger partial charge in [-0.05, 0) is 12.1 Å². The molecular weight excluding hydrogens is 276 g/mol. The van der Waals surface area contributed by atoms with Crippen molar-refractivity contribution in [2.75, 3.05) is 26.9 Å². The molecular formula is C14H16N2O3S. The van der Waals surface area contributed by atoms with E-state index in [2.05, 4.69) is 16.0 Å². The predicted octanol–water partition coefficient (Wildman–Crippen LogP) is 1.67. The van der Waals surface area contributed by atoms with Crippen LogP contribution in [-0.4, -0.2) is 48.8 Å². The summed E-state index contributed by atoms with van der Waals surface area (Å²) < 4.78 is 11.4. The quantitative estimate of drug-likeness (QED) is 0.806. The number of esters is 1. The Hall–Kier alpha value is -1.50. The van der Waals surface area contributed by atoms with Gasteiger partial charge in [0.25, 0.3) is 0 Å². The average molecular weight is 292 g/mol. The fourth-order valence-corrected chi connectivity index (χ4v) is 3.33. The molecule has 1 unspecified atom stereocenters. The second-order valence-corrected chi connectivity index (χ2v) is 5.77. The summed E-state index contributed by atoms with van der Waals surface area (Å²) in [6, 6.07) is 7.73. The third-order valence-corrected chi connectivity index (χ3v) is 4.41. The lowest BCUT2D eigenvalue weighted by molar-refractivity contribution is -0.153. The van der Waals surface area contributed by atoms with E-state index < -0.39 is 0 Å². The van der Waals surface area contributed by atoms with Crippen LogP contribution < -0.4 is 0 Å². The molecule has 1 aliphatic rings. The Morgan fingerprint density at radius 1 is 1.55 bits per heavy atom. The van der Waals surface area contributed by atoms with E-state index in [1.54, 1.807) is 11.3 Å². The number of carbonyl (C=O) groups excluding carboxylic acids is 1. The van der Waals surface area contributed by atoms with Crippen molar-refractivity contribution < 1.29 is 14.3 Å². The molecule has 1 atom stereocenters. The van der Waals surface area contributed by atoms with Crippen molar-refractivity contribution in [2.45, 2.75) is 12.6 Å². The molecule has 0 spiro atoms. The van der Waals surface area contributed by atoms with Crippen molar-refractivity contribution in [3.63, 3.8) is 0 Å². The van der Waals surface area contributed by atoms with Crippen LogP contribution in [0.1, 0.15) is 5.01 Å². The molecule has 1 saturated heterocycles. The van der Waals surface area contributed by atoms with E-state index in [9.17, 15) is 4.79 Å². The molecule has 0 amide bonds. The first-order valence-electron chi connectivity index (χ1n) is 6.52. The van der Waals surface area contributed by atoms with Crippen molar-refractivity contribution in [3.8, 4) is 0 Å². The van der Waals surface area contributed by atoms with E-state index in [1.165, 1.54) is 11.8 Å². The van der Waals surface area contributed by atoms with Crippen molar-refractivity contribution in [3.05, 3.63) is 29.3 Å². The van der Waals surface area contributed by atoms with Gasteiger partial charge in [-0.15, -0.1) is 11.3 Å². The highest BCUT2D eigenvalue weighted by molar-refractivity contribution is 7.18. The molecule has 5 nitrogen and oxygen atoms in total. The smallest absolute Gasteiger partial charge is 0.325 e. The van der Waals surface area contributed by atoms with Gasteiger partial charge in [-0.3, -0.25) is 9.69 Å². The Bertz CT molecular complexity index is 580. The maximum Gasteiger partial charge on any atom is 0.325 e. The van der Waals surface area contributed by atoms with Gasteiger partial charge in [0.1, 0.15) is 11.0 Å². The van der Waals surface area contributed by atoms with E-state index in [1.807, 2.05) is 18.2 Å². The number of hydrogen-bond acceptors (Lipinski definition) is 6. The Labute approximate surface area is 121 Å². The average Bonchev–Trinajstić information content (AvgIpc) is 2.89. The highest BCUT2D eigenvalue weighted by atomic mass is 32.1. The number of carbonyl (C=O) groups is 1. The number of nitrogens with zero attached hydrogens (tertiary/aromatic N) is 2. The van der Waals surface area contributed by atoms with Crippen LogP contribution in [-0.2, 0) is 20.8 Å². The summed E-state index contributed by atoms with van der Waals surface area (Å²) >= 11 is 1.67. The van der Waals surface area contributed by atoms with Gasteiger partial charge < -0.3 is 9.47 Å². The molecule has 6 heteroatoms. The molecule has 1 aromatic carbocycles. The van der Waals surface area contributed by atoms with Crippen LogP contribution in [0.5, 0.6) is 0 Å². The number of para-hydroxylation sites is 1. The summed E-state index contributed by atoms with van der Waals surface area (Å²) in [7, 11) is 1.41. The number of ether oxygens (including phenoxy) is 2. The highest BCUT2D eigenvalue weighted by Gasteiger charge is 2.30. The molecule has 0 radical (unpaired) electrons. The van der Waals surface area contributed by atoms with Gasteiger partial charge >= 0.3 is 5.97 Å². The number of fused-ring (bicyclic) bond motifs is 1. The van der Waals surface area contributed by atoms with Crippen LogP contribution in [0.3, 0.4) is 0 Å². The molecule has 106 valence electrons. The van der Waals surface area contributed by atoms with E-state index in [0.29, 0.717) is 19.8 Å². The molecule has 1 aliphatic heterocycles. The van der Waals surface area contributed by atoms with E-state index in [0.717, 1.165) is 17.1 Å². The molecule has 2 aromatic rings. The molecule has 0 N–H and O–H groups in total. The van der Waals surface area contributed by atoms with Gasteiger partial charge in [0.05, 0.1) is 37.1 Å². The van der Waals surface area contributed by atoms with Crippen LogP contribution >= 0.6 is 11.3 Å². The largest absolute Gasteiger partial charge is 0.468 e. The number of benzene rings is 1. The summed E-state index contributed by atoms with van der Waals surface area (Å²) in [6.07, 6.45) is 0. The maximum atomic E-state index is 11.8. The van der Waals surface area contributed by atoms with Gasteiger partial charge in [-0.25, -0.2) is 4.98 Å². The van der Waals surface area contributed by atoms with Crippen LogP contribution in [0.15, 0.2) is 24.3 Å². The summed E-state index contributed by atoms with van der Waals surface area (Å²) in [4.78, 5) is 18.5. The molecule has 0 bridgehead atoms. The van der Waals surface area contributed by atoms with Gasteiger partial charge in [0, 0.05) is 6.54 Å². The molecule has 0 aliphatic carbocycles. The number of hydrogen-bond donors (Lipinski definition) is 0. The van der Waals surface area contributed by atoms with Crippen LogP contribution in [0, 0.1) is 0 Å². The number of morpholine rings is 1. The predicted molar refractivity (Wildman–Crippen MR) is 76.7 cm³/mol. The zero-order valence-electron chi connectivity index (χ0n) is 11.2. The Kier molecular flexibility index (Phi) is 3.95. The highest BCUT2D eigenvalue weighted by Crippen LogP contribution is 2.24. The Balaban J connectivity index is 1.79. The van der Waals surface area contributed by atoms with Crippen LogP contribution in [0.25, 0.3) is 10.2 Å². The molecule has 1 fully saturated rings. The molecule has 3 rings (SSSR count). The van der Waals surface area contributed by atoms with E-state index >= 15 is 0 Å². The first kappa shape index (κ1) is 13.5. The summed E-state index contributed by atoms with van der Waals surface area (Å²) in [5.74, 6) is -0.245. The van der Waals surface area contributed by atoms with Gasteiger partial charge in [-0.1, -0.05) is 12.1 Å². The van der Waals surface area contributed by atoms with Gasteiger partial charge in [-0.2, -0.15) is 0 Å². The number of methoxy groups -OCH3 is 1. The second kappa shape index (κ2) is 5.87. The fourth-order valence-electron chi connectivity index (χ4n) is 2.34. The maximum absolute atomic E-state index is 11.8. The monoisotopic (exact) mass is 292 g/mol. The summed E-state index contributed by atoms with van der Waals surface area (Å²) in [6.45, 7) is 2.40. The minimum Gasteiger partial charge on any atom is -0.468 e. The second-order valence-electron chi connectivity index (χ2n) is 4.66. The Morgan fingerprint density at radius 2 is 2.40 bits per heavy atom. The lowest BCUT2D eigenvalue weighted by Crippen LogP contribution is -2.49. The van der Waals surface area contributed by atoms with Crippen LogP contribution in [0.2, 0.25) is 0 Å². The van der Waals surface area contributed by atoms with Crippen molar-refractivity contribution in [2.24, 2.45) is 0 Å². The Morgan fingerprint density at radius 3 is 3.20 bits per heavy atom. The lowest BCUT2D eigenvalue weighted by atomic mass is 10.2. The number of aromatic nitrogens is 1. The zero-order valence-corrected chi connectivity index (χ0v) is 12.1. The molecule has 2 heterocycles. The first-order chi connectivity index (χ1) is 9.78. The third kappa shape index (κ3) is 2.67. The SMILES string of the molecule is COC(=O)C1COCCN1Cc1nc2ccccc2s1. The van der Waals surface area contributed by atoms with Crippen molar-refractivity contribution in [1.29, 1.82) is 0 Å². The van der Waals surface area contributed by atoms with Crippen molar-refractivity contribution >= 4 is 27.5 Å². The zero-order chi connectivity index (χ0) is 13.9. The topological polar surface area (TPSA) is 51.7 Å². The minimum absolute atomic E-state index is 0.245. The van der Waals surface area contributed by atoms with Gasteiger partial charge in [0.15, 0.2) is 0 Å². The number of rotatable bonds is 3.